The van der Waals surface area contributed by atoms with E-state index in [-0.39, 0.29) is 0 Å². The summed E-state index contributed by atoms with van der Waals surface area (Å²) in [7, 11) is 1.95. The second-order valence-electron chi connectivity index (χ2n) is 6.25. The van der Waals surface area contributed by atoms with Crippen LogP contribution in [0.2, 0.25) is 0 Å². The molecule has 1 aliphatic rings. The van der Waals surface area contributed by atoms with Crippen LogP contribution in [0.5, 0.6) is 0 Å². The van der Waals surface area contributed by atoms with Gasteiger partial charge in [-0.1, -0.05) is 12.1 Å². The Morgan fingerprint density at radius 2 is 2.04 bits per heavy atom. The topological polar surface area (TPSA) is 65.7 Å². The van der Waals surface area contributed by atoms with Gasteiger partial charge >= 0.3 is 0 Å². The Labute approximate surface area is 146 Å². The van der Waals surface area contributed by atoms with Gasteiger partial charge < -0.3 is 10.6 Å². The summed E-state index contributed by atoms with van der Waals surface area (Å²) in [5.74, 6) is 0. The Kier molecular flexibility index (Phi) is 3.96. The molecule has 0 radical (unpaired) electrons. The molecule has 0 spiro atoms. The molecule has 5 nitrogen and oxygen atoms in total. The molecule has 1 aromatic heterocycles. The molecule has 0 atom stereocenters. The summed E-state index contributed by atoms with van der Waals surface area (Å²) in [4.78, 5) is 0. The standard InChI is InChI=1S/C20H19N5/c1-25-18(6-7-24-25)12-23-17-8-16-11-22-13-20(16)19(9-17)15-4-2-14(10-21)3-5-15/h2-9,22-23H,11-13H2,1H3. The Balaban J connectivity index is 1.67. The average Bonchev–Trinajstić information content (AvgIpc) is 3.28. The number of hydrogen-bond acceptors (Lipinski definition) is 4. The molecule has 2 N–H and O–H groups in total. The maximum absolute atomic E-state index is 9.00. The summed E-state index contributed by atoms with van der Waals surface area (Å²) in [6, 6.07) is 16.4. The number of aryl methyl sites for hydroxylation is 1. The van der Waals surface area contributed by atoms with Gasteiger partial charge in [0.1, 0.15) is 0 Å². The monoisotopic (exact) mass is 329 g/mol. The zero-order valence-electron chi connectivity index (χ0n) is 14.1. The summed E-state index contributed by atoms with van der Waals surface area (Å²) in [5, 5.41) is 20.2. The van der Waals surface area contributed by atoms with Crippen molar-refractivity contribution in [1.82, 2.24) is 15.1 Å². The fraction of sp³-hybridized carbons (Fsp3) is 0.200. The highest BCUT2D eigenvalue weighted by Crippen LogP contribution is 2.33. The first-order valence-corrected chi connectivity index (χ1v) is 8.32. The highest BCUT2D eigenvalue weighted by Gasteiger charge is 2.17. The van der Waals surface area contributed by atoms with Gasteiger partial charge in [-0.3, -0.25) is 4.68 Å². The van der Waals surface area contributed by atoms with Crippen molar-refractivity contribution in [2.24, 2.45) is 7.05 Å². The second kappa shape index (κ2) is 6.42. The third-order valence-corrected chi connectivity index (χ3v) is 4.68. The molecule has 0 amide bonds. The fourth-order valence-electron chi connectivity index (χ4n) is 3.27. The van der Waals surface area contributed by atoms with Crippen molar-refractivity contribution < 1.29 is 0 Å². The number of hydrogen-bond donors (Lipinski definition) is 2. The molecule has 5 heteroatoms. The minimum Gasteiger partial charge on any atom is -0.379 e. The van der Waals surface area contributed by atoms with Crippen LogP contribution in [0.4, 0.5) is 5.69 Å². The van der Waals surface area contributed by atoms with Gasteiger partial charge in [-0.25, -0.2) is 0 Å². The lowest BCUT2D eigenvalue weighted by atomic mass is 9.95. The predicted octanol–water partition coefficient (Wildman–Crippen LogP) is 3.17. The van der Waals surface area contributed by atoms with E-state index in [0.29, 0.717) is 5.56 Å². The van der Waals surface area contributed by atoms with E-state index in [4.69, 9.17) is 5.26 Å². The van der Waals surface area contributed by atoms with Crippen LogP contribution in [0, 0.1) is 11.3 Å². The van der Waals surface area contributed by atoms with E-state index < -0.39 is 0 Å². The van der Waals surface area contributed by atoms with Gasteiger partial charge in [-0.15, -0.1) is 0 Å². The number of nitrogens with one attached hydrogen (secondary N) is 2. The molecule has 0 saturated carbocycles. The maximum Gasteiger partial charge on any atom is 0.0991 e. The molecule has 2 aromatic carbocycles. The summed E-state index contributed by atoms with van der Waals surface area (Å²) in [5.41, 5.74) is 7.96. The molecule has 25 heavy (non-hydrogen) atoms. The van der Waals surface area contributed by atoms with E-state index in [0.717, 1.165) is 36.6 Å². The Morgan fingerprint density at radius 3 is 2.76 bits per heavy atom. The fourth-order valence-corrected chi connectivity index (χ4v) is 3.27. The lowest BCUT2D eigenvalue weighted by molar-refractivity contribution is 0.720. The van der Waals surface area contributed by atoms with Crippen molar-refractivity contribution in [3.63, 3.8) is 0 Å². The van der Waals surface area contributed by atoms with Crippen molar-refractivity contribution in [2.45, 2.75) is 19.6 Å². The maximum atomic E-state index is 9.00. The van der Waals surface area contributed by atoms with Crippen molar-refractivity contribution in [3.05, 3.63) is 71.0 Å². The van der Waals surface area contributed by atoms with Gasteiger partial charge in [0.2, 0.25) is 0 Å². The van der Waals surface area contributed by atoms with E-state index >= 15 is 0 Å². The summed E-state index contributed by atoms with van der Waals surface area (Å²) in [6.07, 6.45) is 1.81. The van der Waals surface area contributed by atoms with Gasteiger partial charge in [0, 0.05) is 32.0 Å². The van der Waals surface area contributed by atoms with Crippen molar-refractivity contribution >= 4 is 5.69 Å². The van der Waals surface area contributed by atoms with Crippen LogP contribution in [-0.2, 0) is 26.7 Å². The average molecular weight is 329 g/mol. The van der Waals surface area contributed by atoms with Gasteiger partial charge in [-0.2, -0.15) is 10.4 Å². The molecule has 0 aliphatic carbocycles. The quantitative estimate of drug-likeness (QED) is 0.771. The Bertz CT molecular complexity index is 947. The van der Waals surface area contributed by atoms with E-state index in [2.05, 4.69) is 33.9 Å². The predicted molar refractivity (Wildman–Crippen MR) is 97.7 cm³/mol. The minimum absolute atomic E-state index is 0.684. The zero-order valence-corrected chi connectivity index (χ0v) is 14.1. The molecular formula is C20H19N5. The van der Waals surface area contributed by atoms with Crippen LogP contribution < -0.4 is 10.6 Å². The first-order valence-electron chi connectivity index (χ1n) is 8.32. The van der Waals surface area contributed by atoms with Crippen LogP contribution >= 0.6 is 0 Å². The molecule has 124 valence electrons. The molecule has 0 fully saturated rings. The van der Waals surface area contributed by atoms with Crippen LogP contribution in [0.25, 0.3) is 11.1 Å². The molecule has 0 unspecified atom stereocenters. The van der Waals surface area contributed by atoms with Crippen LogP contribution in [-0.4, -0.2) is 9.78 Å². The molecule has 0 saturated heterocycles. The molecule has 3 aromatic rings. The zero-order chi connectivity index (χ0) is 17.2. The SMILES string of the molecule is Cn1nccc1CNc1cc2c(c(-c3ccc(C#N)cc3)c1)CNC2. The van der Waals surface area contributed by atoms with Crippen molar-refractivity contribution in [3.8, 4) is 17.2 Å². The number of nitriles is 1. The smallest absolute Gasteiger partial charge is 0.0991 e. The second-order valence-corrected chi connectivity index (χ2v) is 6.25. The third-order valence-electron chi connectivity index (χ3n) is 4.68. The number of benzene rings is 2. The summed E-state index contributed by atoms with van der Waals surface area (Å²) in [6.45, 7) is 2.50. The largest absolute Gasteiger partial charge is 0.379 e. The number of rotatable bonds is 4. The molecule has 4 rings (SSSR count). The Hall–Kier alpha value is -3.10. The first-order chi connectivity index (χ1) is 12.2. The van der Waals surface area contributed by atoms with Gasteiger partial charge in [0.05, 0.1) is 23.9 Å². The molecule has 1 aliphatic heterocycles. The van der Waals surface area contributed by atoms with Crippen LogP contribution in [0.1, 0.15) is 22.4 Å². The van der Waals surface area contributed by atoms with Gasteiger partial charge in [-0.05, 0) is 52.6 Å². The Morgan fingerprint density at radius 1 is 1.20 bits per heavy atom. The van der Waals surface area contributed by atoms with Crippen LogP contribution in [0.15, 0.2) is 48.7 Å². The highest BCUT2D eigenvalue weighted by atomic mass is 15.3. The molecule has 0 bridgehead atoms. The lowest BCUT2D eigenvalue weighted by Crippen LogP contribution is -2.06. The van der Waals surface area contributed by atoms with E-state index in [1.54, 1.807) is 0 Å². The molecule has 2 heterocycles. The number of aromatic nitrogens is 2. The summed E-state index contributed by atoms with van der Waals surface area (Å²) >= 11 is 0. The van der Waals surface area contributed by atoms with E-state index in [9.17, 15) is 0 Å². The molecular weight excluding hydrogens is 310 g/mol. The number of nitrogens with zero attached hydrogens (tertiary/aromatic N) is 3. The normalized spacial score (nSPS) is 12.6. The van der Waals surface area contributed by atoms with Gasteiger partial charge in [0.25, 0.3) is 0 Å². The first kappa shape index (κ1) is 15.4. The minimum atomic E-state index is 0.684. The number of anilines is 1. The highest BCUT2D eigenvalue weighted by molar-refractivity contribution is 5.74. The lowest BCUT2D eigenvalue weighted by Gasteiger charge is -2.14. The van der Waals surface area contributed by atoms with Crippen molar-refractivity contribution in [2.75, 3.05) is 5.32 Å². The van der Waals surface area contributed by atoms with E-state index in [1.807, 2.05) is 48.3 Å². The van der Waals surface area contributed by atoms with Crippen LogP contribution in [0.3, 0.4) is 0 Å². The summed E-state index contributed by atoms with van der Waals surface area (Å²) < 4.78 is 1.88. The van der Waals surface area contributed by atoms with Gasteiger partial charge in [0.15, 0.2) is 0 Å². The van der Waals surface area contributed by atoms with E-state index in [1.165, 1.54) is 16.7 Å². The third kappa shape index (κ3) is 3.00. The number of fused-ring (bicyclic) bond motifs is 1. The van der Waals surface area contributed by atoms with Crippen molar-refractivity contribution in [1.29, 1.82) is 5.26 Å².